The maximum Gasteiger partial charge on any atom is 0.137 e. The lowest BCUT2D eigenvalue weighted by molar-refractivity contribution is 0.220. The molecule has 19 heavy (non-hydrogen) atoms. The molecule has 4 heteroatoms. The highest BCUT2D eigenvalue weighted by Gasteiger charge is 2.16. The number of aliphatic hydroxyl groups excluding tert-OH is 1. The standard InChI is InChI=1S/C15H13BrClFO/c1-8-5-11(13(17)6-9(8)2)15(19)10-3-4-12(16)14(18)7-10/h3-7,15,19H,1-2H3. The van der Waals surface area contributed by atoms with Crippen LogP contribution in [0.1, 0.15) is 28.4 Å². The van der Waals surface area contributed by atoms with E-state index >= 15 is 0 Å². The molecule has 1 nitrogen and oxygen atoms in total. The zero-order valence-electron chi connectivity index (χ0n) is 10.5. The first-order valence-electron chi connectivity index (χ1n) is 5.80. The van der Waals surface area contributed by atoms with E-state index in [-0.39, 0.29) is 0 Å². The van der Waals surface area contributed by atoms with Crippen LogP contribution < -0.4 is 0 Å². The number of aryl methyl sites for hydroxylation is 2. The molecule has 100 valence electrons. The molecule has 0 aliphatic rings. The molecule has 0 aromatic heterocycles. The number of benzene rings is 2. The van der Waals surface area contributed by atoms with Crippen LogP contribution in [0.3, 0.4) is 0 Å². The summed E-state index contributed by atoms with van der Waals surface area (Å²) >= 11 is 9.24. The second kappa shape index (κ2) is 5.61. The third-order valence-corrected chi connectivity index (χ3v) is 4.14. The summed E-state index contributed by atoms with van der Waals surface area (Å²) in [6.07, 6.45) is -0.936. The summed E-state index contributed by atoms with van der Waals surface area (Å²) in [7, 11) is 0. The normalized spacial score (nSPS) is 12.5. The Hall–Kier alpha value is -0.900. The van der Waals surface area contributed by atoms with Crippen LogP contribution in [0.25, 0.3) is 0 Å². The minimum absolute atomic E-state index is 0.370. The maximum absolute atomic E-state index is 13.5. The number of aliphatic hydroxyl groups is 1. The minimum atomic E-state index is -0.936. The molecular weight excluding hydrogens is 331 g/mol. The van der Waals surface area contributed by atoms with Crippen molar-refractivity contribution in [1.29, 1.82) is 0 Å². The van der Waals surface area contributed by atoms with E-state index in [1.165, 1.54) is 6.07 Å². The zero-order chi connectivity index (χ0) is 14.2. The average Bonchev–Trinajstić information content (AvgIpc) is 2.36. The van der Waals surface area contributed by atoms with Gasteiger partial charge in [-0.05, 0) is 64.7 Å². The van der Waals surface area contributed by atoms with E-state index < -0.39 is 11.9 Å². The maximum atomic E-state index is 13.5. The largest absolute Gasteiger partial charge is 0.384 e. The van der Waals surface area contributed by atoms with E-state index in [2.05, 4.69) is 15.9 Å². The van der Waals surface area contributed by atoms with Crippen molar-refractivity contribution in [2.75, 3.05) is 0 Å². The molecular formula is C15H13BrClFO. The predicted molar refractivity (Wildman–Crippen MR) is 79.1 cm³/mol. The third-order valence-electron chi connectivity index (χ3n) is 3.17. The first kappa shape index (κ1) is 14.5. The molecule has 0 aliphatic carbocycles. The SMILES string of the molecule is Cc1cc(Cl)c(C(O)c2ccc(Br)c(F)c2)cc1C. The summed E-state index contributed by atoms with van der Waals surface area (Å²) in [6, 6.07) is 8.19. The lowest BCUT2D eigenvalue weighted by atomic mass is 9.98. The van der Waals surface area contributed by atoms with Crippen LogP contribution in [0.5, 0.6) is 0 Å². The highest BCUT2D eigenvalue weighted by Crippen LogP contribution is 2.31. The van der Waals surface area contributed by atoms with Gasteiger partial charge in [-0.1, -0.05) is 23.7 Å². The van der Waals surface area contributed by atoms with Crippen molar-refractivity contribution >= 4 is 27.5 Å². The van der Waals surface area contributed by atoms with E-state index in [1.807, 2.05) is 26.0 Å². The molecule has 0 bridgehead atoms. The van der Waals surface area contributed by atoms with Crippen molar-refractivity contribution in [3.05, 3.63) is 67.9 Å². The Balaban J connectivity index is 2.46. The summed E-state index contributed by atoms with van der Waals surface area (Å²) in [5.74, 6) is -0.406. The van der Waals surface area contributed by atoms with Crippen LogP contribution in [0.4, 0.5) is 4.39 Å². The molecule has 1 atom stereocenters. The smallest absolute Gasteiger partial charge is 0.137 e. The molecule has 0 heterocycles. The van der Waals surface area contributed by atoms with Gasteiger partial charge in [-0.25, -0.2) is 4.39 Å². The average molecular weight is 344 g/mol. The van der Waals surface area contributed by atoms with Gasteiger partial charge in [0.15, 0.2) is 0 Å². The minimum Gasteiger partial charge on any atom is -0.384 e. The Morgan fingerprint density at radius 3 is 2.42 bits per heavy atom. The highest BCUT2D eigenvalue weighted by molar-refractivity contribution is 9.10. The van der Waals surface area contributed by atoms with Crippen molar-refractivity contribution < 1.29 is 9.50 Å². The van der Waals surface area contributed by atoms with Gasteiger partial charge in [0.25, 0.3) is 0 Å². The van der Waals surface area contributed by atoms with E-state index in [0.29, 0.717) is 20.6 Å². The summed E-state index contributed by atoms with van der Waals surface area (Å²) in [5.41, 5.74) is 3.16. The summed E-state index contributed by atoms with van der Waals surface area (Å²) in [5, 5.41) is 10.8. The highest BCUT2D eigenvalue weighted by atomic mass is 79.9. The quantitative estimate of drug-likeness (QED) is 0.819. The summed E-state index contributed by atoms with van der Waals surface area (Å²) < 4.78 is 13.9. The lowest BCUT2D eigenvalue weighted by Crippen LogP contribution is -2.02. The van der Waals surface area contributed by atoms with Crippen molar-refractivity contribution in [2.45, 2.75) is 20.0 Å². The van der Waals surface area contributed by atoms with E-state index in [1.54, 1.807) is 12.1 Å². The summed E-state index contributed by atoms with van der Waals surface area (Å²) in [6.45, 7) is 3.90. The Bertz CT molecular complexity index is 628. The Labute approximate surface area is 125 Å². The molecule has 1 N–H and O–H groups in total. The van der Waals surface area contributed by atoms with Gasteiger partial charge in [-0.2, -0.15) is 0 Å². The first-order chi connectivity index (χ1) is 8.90. The lowest BCUT2D eigenvalue weighted by Gasteiger charge is -2.15. The molecule has 0 radical (unpaired) electrons. The van der Waals surface area contributed by atoms with Gasteiger partial charge in [0.1, 0.15) is 11.9 Å². The molecule has 1 unspecified atom stereocenters. The molecule has 0 aliphatic heterocycles. The number of hydrogen-bond donors (Lipinski definition) is 1. The number of halogens is 3. The first-order valence-corrected chi connectivity index (χ1v) is 6.97. The number of hydrogen-bond acceptors (Lipinski definition) is 1. The zero-order valence-corrected chi connectivity index (χ0v) is 12.9. The van der Waals surface area contributed by atoms with E-state index in [0.717, 1.165) is 11.1 Å². The molecule has 2 aromatic rings. The molecule has 2 aromatic carbocycles. The fourth-order valence-corrected chi connectivity index (χ4v) is 2.44. The van der Waals surface area contributed by atoms with Crippen LogP contribution in [0, 0.1) is 19.7 Å². The third kappa shape index (κ3) is 2.99. The molecule has 0 saturated heterocycles. The van der Waals surface area contributed by atoms with Gasteiger partial charge in [-0.15, -0.1) is 0 Å². The Kier molecular flexibility index (Phi) is 4.29. The molecule has 0 saturated carbocycles. The fraction of sp³-hybridized carbons (Fsp3) is 0.200. The van der Waals surface area contributed by atoms with Gasteiger partial charge in [0, 0.05) is 10.6 Å². The molecule has 0 amide bonds. The van der Waals surface area contributed by atoms with Crippen molar-refractivity contribution in [1.82, 2.24) is 0 Å². The Morgan fingerprint density at radius 2 is 1.79 bits per heavy atom. The van der Waals surface area contributed by atoms with E-state index in [4.69, 9.17) is 11.6 Å². The van der Waals surface area contributed by atoms with Gasteiger partial charge in [0.2, 0.25) is 0 Å². The predicted octanol–water partition coefficient (Wildman–Crippen LogP) is 4.94. The van der Waals surface area contributed by atoms with Crippen LogP contribution in [0.15, 0.2) is 34.8 Å². The van der Waals surface area contributed by atoms with Crippen LogP contribution in [-0.2, 0) is 0 Å². The van der Waals surface area contributed by atoms with Crippen LogP contribution in [-0.4, -0.2) is 5.11 Å². The molecule has 2 rings (SSSR count). The van der Waals surface area contributed by atoms with Crippen LogP contribution in [0.2, 0.25) is 5.02 Å². The second-order valence-corrected chi connectivity index (χ2v) is 5.80. The molecule has 0 fully saturated rings. The second-order valence-electron chi connectivity index (χ2n) is 4.53. The topological polar surface area (TPSA) is 20.2 Å². The van der Waals surface area contributed by atoms with Gasteiger partial charge in [-0.3, -0.25) is 0 Å². The van der Waals surface area contributed by atoms with Crippen LogP contribution >= 0.6 is 27.5 Å². The summed E-state index contributed by atoms with van der Waals surface area (Å²) in [4.78, 5) is 0. The van der Waals surface area contributed by atoms with Crippen molar-refractivity contribution in [3.8, 4) is 0 Å². The fourth-order valence-electron chi connectivity index (χ4n) is 1.87. The van der Waals surface area contributed by atoms with Gasteiger partial charge >= 0.3 is 0 Å². The Morgan fingerprint density at radius 1 is 1.16 bits per heavy atom. The van der Waals surface area contributed by atoms with Crippen molar-refractivity contribution in [3.63, 3.8) is 0 Å². The number of rotatable bonds is 2. The van der Waals surface area contributed by atoms with E-state index in [9.17, 15) is 9.50 Å². The van der Waals surface area contributed by atoms with Crippen molar-refractivity contribution in [2.24, 2.45) is 0 Å². The molecule has 0 spiro atoms. The van der Waals surface area contributed by atoms with Gasteiger partial charge < -0.3 is 5.11 Å². The van der Waals surface area contributed by atoms with Gasteiger partial charge in [0.05, 0.1) is 4.47 Å². The monoisotopic (exact) mass is 342 g/mol.